The number of hydrogen-bond acceptors (Lipinski definition) is 4. The molecule has 0 aromatic heterocycles. The van der Waals surface area contributed by atoms with Gasteiger partial charge in [-0.05, 0) is 93.0 Å². The molecule has 4 rings (SSSR count). The van der Waals surface area contributed by atoms with Crippen molar-refractivity contribution in [3.05, 3.63) is 124 Å². The molecule has 0 saturated carbocycles. The molecule has 44 heavy (non-hydrogen) atoms. The second-order valence-corrected chi connectivity index (χ2v) is 14.9. The van der Waals surface area contributed by atoms with Crippen molar-refractivity contribution in [2.24, 2.45) is 15.0 Å². The summed E-state index contributed by atoms with van der Waals surface area (Å²) in [7, 11) is 4.49. The summed E-state index contributed by atoms with van der Waals surface area (Å²) in [5.74, 6) is 0. The van der Waals surface area contributed by atoms with Gasteiger partial charge in [-0.2, -0.15) is 5.26 Å². The van der Waals surface area contributed by atoms with Gasteiger partial charge < -0.3 is 9.98 Å². The van der Waals surface area contributed by atoms with E-state index in [1.165, 1.54) is 0 Å². The normalized spacial score (nSPS) is 11.0. The van der Waals surface area contributed by atoms with Crippen molar-refractivity contribution in [2.45, 2.75) is 48.5 Å². The number of nitriles is 1. The fraction of sp³-hybridized carbons (Fsp3) is 0.200. The van der Waals surface area contributed by atoms with Crippen molar-refractivity contribution >= 4 is 72.6 Å². The van der Waals surface area contributed by atoms with Crippen molar-refractivity contribution in [2.75, 3.05) is 0 Å². The summed E-state index contributed by atoms with van der Waals surface area (Å²) in [6, 6.07) is 29.7. The Balaban J connectivity index is 0.000000623. The molecule has 0 aliphatic carbocycles. The summed E-state index contributed by atoms with van der Waals surface area (Å²) >= 11 is 9.35. The molecule has 0 saturated heterocycles. The third-order valence-electron chi connectivity index (χ3n) is 6.34. The summed E-state index contributed by atoms with van der Waals surface area (Å²) in [5, 5.41) is 8.29. The van der Waals surface area contributed by atoms with Crippen LogP contribution in [0.5, 0.6) is 0 Å². The number of para-hydroxylation sites is 3. The Kier molecular flexibility index (Phi) is 20.2. The van der Waals surface area contributed by atoms with Gasteiger partial charge in [0.2, 0.25) is 0 Å². The number of aryl methyl sites for hydroxylation is 6. The molecular weight excluding hydrogens is 837 g/mol. The fourth-order valence-corrected chi connectivity index (χ4v) is 4.09. The molecule has 0 heterocycles. The van der Waals surface area contributed by atoms with Crippen LogP contribution in [0.25, 0.3) is 0 Å². The first-order valence-corrected chi connectivity index (χ1v) is 20.5. The third kappa shape index (κ3) is 13.4. The first-order valence-electron chi connectivity index (χ1n) is 13.3. The molecule has 0 spiro atoms. The van der Waals surface area contributed by atoms with E-state index in [9.17, 15) is 0 Å². The zero-order valence-electron chi connectivity index (χ0n) is 25.7. The average molecular weight is 872 g/mol. The molecule has 0 fully saturated rings. The second kappa shape index (κ2) is 22.3. The van der Waals surface area contributed by atoms with Crippen LogP contribution in [0.2, 0.25) is 0 Å². The summed E-state index contributed by atoms with van der Waals surface area (Å²) in [6.07, 6.45) is 3.22. The monoisotopic (exact) mass is 869 g/mol. The standard InChI is InChI=1S/C28H30N3.C7H5N.2BrH.ClH.Co.Pd/c1-18-11-8-12-19(2)26(18)29-17-25(31-28-22(5)15-10-16-23(28)6)24(7)30-27-20(3)13-9-14-21(27)4;8-6-7-4-2-1-3-5-7;;;;;/h8-16H,1-7H3;1-5H;3*1H;;/q-1;;;;;2*+2/p-3. The topological polar surface area (TPSA) is 60.9 Å². The molecule has 235 valence electrons. The number of hydrogen-bond donors (Lipinski definition) is 0. The first-order chi connectivity index (χ1) is 21.1. The van der Waals surface area contributed by atoms with Crippen LogP contribution in [0.4, 0.5) is 17.1 Å². The molecule has 0 radical (unpaired) electrons. The van der Waals surface area contributed by atoms with E-state index < -0.39 is 0 Å². The molecule has 0 atom stereocenters. The molecule has 0 amide bonds. The van der Waals surface area contributed by atoms with Crippen molar-refractivity contribution in [1.82, 2.24) is 0 Å². The minimum absolute atomic E-state index is 0.641. The molecule has 0 aliphatic heterocycles. The van der Waals surface area contributed by atoms with Crippen LogP contribution >= 0.6 is 37.9 Å². The predicted octanol–water partition coefficient (Wildman–Crippen LogP) is 11.6. The van der Waals surface area contributed by atoms with Gasteiger partial charge in [0.25, 0.3) is 0 Å². The Morgan fingerprint density at radius 3 is 1.39 bits per heavy atom. The van der Waals surface area contributed by atoms with Gasteiger partial charge in [-0.1, -0.05) is 97.1 Å². The van der Waals surface area contributed by atoms with Gasteiger partial charge in [-0.25, -0.2) is 0 Å². The number of benzene rings is 4. The molecule has 0 bridgehead atoms. The molecule has 4 aromatic carbocycles. The Labute approximate surface area is 298 Å². The molecule has 4 aromatic rings. The van der Waals surface area contributed by atoms with Crippen LogP contribution in [0.3, 0.4) is 0 Å². The number of rotatable bonds is 5. The first kappa shape index (κ1) is 39.8. The number of nitrogens with zero attached hydrogens (tertiary/aromatic N) is 4. The van der Waals surface area contributed by atoms with Crippen molar-refractivity contribution in [3.63, 3.8) is 0 Å². The Bertz CT molecular complexity index is 1560. The van der Waals surface area contributed by atoms with Crippen molar-refractivity contribution in [1.29, 1.82) is 5.26 Å². The van der Waals surface area contributed by atoms with Crippen LogP contribution < -0.4 is 0 Å². The zero-order valence-corrected chi connectivity index (χ0v) is 32.2. The van der Waals surface area contributed by atoms with E-state index in [-0.39, 0.29) is 0 Å². The van der Waals surface area contributed by atoms with Crippen LogP contribution in [0, 0.1) is 52.9 Å². The van der Waals surface area contributed by atoms with E-state index in [1.54, 1.807) is 12.1 Å². The van der Waals surface area contributed by atoms with Gasteiger partial charge in [-0.15, -0.1) is 0 Å². The maximum atomic E-state index is 8.29. The van der Waals surface area contributed by atoms with E-state index in [0.717, 1.165) is 67.3 Å². The molecule has 0 unspecified atom stereocenters. The minimum atomic E-state index is 0.641. The molecule has 9 heteroatoms. The quantitative estimate of drug-likeness (QED) is 0.112. The molecule has 4 nitrogen and oxygen atoms in total. The summed E-state index contributed by atoms with van der Waals surface area (Å²) in [6.45, 7) is 14.4. The van der Waals surface area contributed by atoms with Crippen molar-refractivity contribution in [3.8, 4) is 6.07 Å². The maximum absolute atomic E-state index is 8.29. The fourth-order valence-electron chi connectivity index (χ4n) is 4.09. The number of halogens is 3. The zero-order chi connectivity index (χ0) is 33.1. The SMILES string of the molecule is CC(=Nc1c(C)cccc1C)C([C-]=Nc1c(C)cccc1C)=Nc1c(C)cccc1C.N#Cc1ccccc1.[Br][Co][Br].[Cl][Pd+]. The summed E-state index contributed by atoms with van der Waals surface area (Å²) in [4.78, 5) is 14.6. The summed E-state index contributed by atoms with van der Waals surface area (Å²) in [5.41, 5.74) is 11.7. The Morgan fingerprint density at radius 2 is 1.02 bits per heavy atom. The van der Waals surface area contributed by atoms with E-state index in [2.05, 4.69) is 152 Å². The van der Waals surface area contributed by atoms with Gasteiger partial charge in [0.1, 0.15) is 0 Å². The summed E-state index contributed by atoms with van der Waals surface area (Å²) < 4.78 is 0. The van der Waals surface area contributed by atoms with Gasteiger partial charge in [-0.3, -0.25) is 4.99 Å². The van der Waals surface area contributed by atoms with Crippen LogP contribution in [0.1, 0.15) is 45.9 Å². The van der Waals surface area contributed by atoms with Crippen LogP contribution in [0.15, 0.2) is 99.9 Å². The predicted molar refractivity (Wildman–Crippen MR) is 190 cm³/mol. The third-order valence-corrected chi connectivity index (χ3v) is 6.34. The van der Waals surface area contributed by atoms with Gasteiger partial charge in [0, 0.05) is 0 Å². The van der Waals surface area contributed by atoms with Gasteiger partial charge in [0.15, 0.2) is 0 Å². The van der Waals surface area contributed by atoms with E-state index >= 15 is 0 Å². The number of aliphatic imine (C=N–C) groups is 3. The van der Waals surface area contributed by atoms with Crippen LogP contribution in [-0.2, 0) is 29.3 Å². The molecule has 0 N–H and O–H groups in total. The average Bonchev–Trinajstić information content (AvgIpc) is 3.01. The van der Waals surface area contributed by atoms with Gasteiger partial charge >= 0.3 is 67.2 Å². The van der Waals surface area contributed by atoms with Gasteiger partial charge in [0.05, 0.1) is 23.0 Å². The van der Waals surface area contributed by atoms with E-state index in [4.69, 9.17) is 20.2 Å². The van der Waals surface area contributed by atoms with E-state index in [0.29, 0.717) is 11.3 Å². The molecular formula is C35H35Br2ClCoN4Pd. The van der Waals surface area contributed by atoms with Crippen molar-refractivity contribution < 1.29 is 29.3 Å². The van der Waals surface area contributed by atoms with Crippen LogP contribution in [-0.4, -0.2) is 17.6 Å². The second-order valence-electron chi connectivity index (χ2n) is 9.63. The van der Waals surface area contributed by atoms with E-state index in [1.807, 2.05) is 37.3 Å². The molecule has 0 aliphatic rings. The Morgan fingerprint density at radius 1 is 0.659 bits per heavy atom. The Hall–Kier alpha value is -2.20.